The number of carbonyl (C=O) groups is 1. The zero-order valence-corrected chi connectivity index (χ0v) is 9.46. The Balaban J connectivity index is 1.88. The third-order valence-electron chi connectivity index (χ3n) is 3.20. The summed E-state index contributed by atoms with van der Waals surface area (Å²) in [5, 5.41) is 6.21. The summed E-state index contributed by atoms with van der Waals surface area (Å²) in [7, 11) is 0. The van der Waals surface area contributed by atoms with Crippen LogP contribution in [0.25, 0.3) is 0 Å². The smallest absolute Gasteiger partial charge is 0.238 e. The largest absolute Gasteiger partial charge is 0.355 e. The van der Waals surface area contributed by atoms with E-state index in [9.17, 15) is 4.79 Å². The molecule has 2 fully saturated rings. The second-order valence-corrected chi connectivity index (χ2v) is 4.55. The highest BCUT2D eigenvalue weighted by Gasteiger charge is 2.32. The third kappa shape index (κ3) is 2.92. The molecule has 0 aromatic carbocycles. The molecule has 1 unspecified atom stereocenters. The molecule has 4 nitrogen and oxygen atoms in total. The molecular formula is C11H21N3O. The topological polar surface area (TPSA) is 44.4 Å². The van der Waals surface area contributed by atoms with Gasteiger partial charge in [-0.3, -0.25) is 9.69 Å². The first-order valence-corrected chi connectivity index (χ1v) is 6.03. The summed E-state index contributed by atoms with van der Waals surface area (Å²) >= 11 is 0. The van der Waals surface area contributed by atoms with Crippen molar-refractivity contribution in [1.82, 2.24) is 15.5 Å². The number of carbonyl (C=O) groups excluding carboxylic acids is 1. The molecule has 2 aliphatic rings. The van der Waals surface area contributed by atoms with Crippen LogP contribution in [0.5, 0.6) is 0 Å². The van der Waals surface area contributed by atoms with Crippen molar-refractivity contribution in [1.29, 1.82) is 0 Å². The fourth-order valence-corrected chi connectivity index (χ4v) is 2.15. The number of hydrogen-bond donors (Lipinski definition) is 2. The van der Waals surface area contributed by atoms with Gasteiger partial charge in [0.2, 0.25) is 5.91 Å². The molecule has 1 saturated heterocycles. The lowest BCUT2D eigenvalue weighted by Crippen LogP contribution is -2.58. The molecule has 2 rings (SSSR count). The van der Waals surface area contributed by atoms with Gasteiger partial charge in [-0.15, -0.1) is 0 Å². The van der Waals surface area contributed by atoms with Crippen molar-refractivity contribution in [3.63, 3.8) is 0 Å². The lowest BCUT2D eigenvalue weighted by Gasteiger charge is -2.35. The summed E-state index contributed by atoms with van der Waals surface area (Å²) in [6, 6.07) is 0.0549. The highest BCUT2D eigenvalue weighted by molar-refractivity contribution is 5.82. The van der Waals surface area contributed by atoms with Gasteiger partial charge in [-0.05, 0) is 25.7 Å². The number of rotatable bonds is 4. The van der Waals surface area contributed by atoms with Crippen LogP contribution in [-0.4, -0.2) is 49.6 Å². The standard InChI is InChI=1S/C11H21N3O/c1-2-13-11(15)10-7-12-5-6-14(10)8-9-3-4-9/h9-10,12H,2-8H2,1H3,(H,13,15). The molecule has 0 spiro atoms. The van der Waals surface area contributed by atoms with E-state index < -0.39 is 0 Å². The minimum Gasteiger partial charge on any atom is -0.355 e. The number of nitrogens with zero attached hydrogens (tertiary/aromatic N) is 1. The quantitative estimate of drug-likeness (QED) is 0.677. The molecule has 0 bridgehead atoms. The Hall–Kier alpha value is -0.610. The lowest BCUT2D eigenvalue weighted by molar-refractivity contribution is -0.127. The number of likely N-dealkylation sites (N-methyl/N-ethyl adjacent to an activating group) is 1. The van der Waals surface area contributed by atoms with E-state index >= 15 is 0 Å². The molecule has 1 heterocycles. The van der Waals surface area contributed by atoms with Gasteiger partial charge in [0.15, 0.2) is 0 Å². The van der Waals surface area contributed by atoms with E-state index in [0.717, 1.165) is 38.6 Å². The summed E-state index contributed by atoms with van der Waals surface area (Å²) in [6.07, 6.45) is 2.71. The summed E-state index contributed by atoms with van der Waals surface area (Å²) in [5.41, 5.74) is 0. The number of amides is 1. The summed E-state index contributed by atoms with van der Waals surface area (Å²) in [4.78, 5) is 14.2. The van der Waals surface area contributed by atoms with E-state index in [0.29, 0.717) is 0 Å². The van der Waals surface area contributed by atoms with Crippen molar-refractivity contribution in [2.24, 2.45) is 5.92 Å². The maximum Gasteiger partial charge on any atom is 0.238 e. The van der Waals surface area contributed by atoms with Crippen molar-refractivity contribution in [3.8, 4) is 0 Å². The Morgan fingerprint density at radius 1 is 1.53 bits per heavy atom. The summed E-state index contributed by atoms with van der Waals surface area (Å²) in [6.45, 7) is 6.65. The van der Waals surface area contributed by atoms with Crippen LogP contribution < -0.4 is 10.6 Å². The SMILES string of the molecule is CCNC(=O)C1CNCCN1CC1CC1. The Morgan fingerprint density at radius 3 is 3.00 bits per heavy atom. The predicted octanol–water partition coefficient (Wildman–Crippen LogP) is -0.194. The van der Waals surface area contributed by atoms with Crippen molar-refractivity contribution in [2.45, 2.75) is 25.8 Å². The van der Waals surface area contributed by atoms with Gasteiger partial charge in [-0.1, -0.05) is 0 Å². The minimum absolute atomic E-state index is 0.0549. The van der Waals surface area contributed by atoms with Gasteiger partial charge in [0.25, 0.3) is 0 Å². The van der Waals surface area contributed by atoms with Gasteiger partial charge in [-0.25, -0.2) is 0 Å². The zero-order chi connectivity index (χ0) is 10.7. The fourth-order valence-electron chi connectivity index (χ4n) is 2.15. The van der Waals surface area contributed by atoms with E-state index in [2.05, 4.69) is 15.5 Å². The van der Waals surface area contributed by atoms with E-state index in [1.165, 1.54) is 12.8 Å². The van der Waals surface area contributed by atoms with Crippen molar-refractivity contribution < 1.29 is 4.79 Å². The van der Waals surface area contributed by atoms with Crippen LogP contribution >= 0.6 is 0 Å². The minimum atomic E-state index is 0.0549. The normalized spacial score (nSPS) is 27.7. The first kappa shape index (κ1) is 10.9. The van der Waals surface area contributed by atoms with E-state index in [4.69, 9.17) is 0 Å². The van der Waals surface area contributed by atoms with E-state index in [-0.39, 0.29) is 11.9 Å². The van der Waals surface area contributed by atoms with Gasteiger partial charge in [0, 0.05) is 32.7 Å². The Kier molecular flexibility index (Phi) is 3.59. The zero-order valence-electron chi connectivity index (χ0n) is 9.46. The van der Waals surface area contributed by atoms with Gasteiger partial charge >= 0.3 is 0 Å². The van der Waals surface area contributed by atoms with E-state index in [1.807, 2.05) is 6.92 Å². The molecule has 2 N–H and O–H groups in total. The Morgan fingerprint density at radius 2 is 2.33 bits per heavy atom. The Bertz CT molecular complexity index is 228. The van der Waals surface area contributed by atoms with Crippen LogP contribution in [0.15, 0.2) is 0 Å². The molecule has 0 aromatic rings. The van der Waals surface area contributed by atoms with Crippen LogP contribution in [0.1, 0.15) is 19.8 Å². The molecule has 0 aromatic heterocycles. The molecule has 0 radical (unpaired) electrons. The fraction of sp³-hybridized carbons (Fsp3) is 0.909. The average molecular weight is 211 g/mol. The lowest BCUT2D eigenvalue weighted by atomic mass is 10.1. The molecule has 1 aliphatic carbocycles. The number of piperazine rings is 1. The number of hydrogen-bond acceptors (Lipinski definition) is 3. The van der Waals surface area contributed by atoms with Crippen LogP contribution in [0.4, 0.5) is 0 Å². The predicted molar refractivity (Wildman–Crippen MR) is 59.6 cm³/mol. The van der Waals surface area contributed by atoms with Crippen molar-refractivity contribution in [2.75, 3.05) is 32.7 Å². The van der Waals surface area contributed by atoms with Crippen LogP contribution in [0.2, 0.25) is 0 Å². The number of nitrogens with one attached hydrogen (secondary N) is 2. The van der Waals surface area contributed by atoms with Gasteiger partial charge in [-0.2, -0.15) is 0 Å². The molecule has 1 aliphatic heterocycles. The third-order valence-corrected chi connectivity index (χ3v) is 3.20. The van der Waals surface area contributed by atoms with Crippen LogP contribution in [0, 0.1) is 5.92 Å². The van der Waals surface area contributed by atoms with Gasteiger partial charge < -0.3 is 10.6 Å². The first-order chi connectivity index (χ1) is 7.31. The molecule has 15 heavy (non-hydrogen) atoms. The van der Waals surface area contributed by atoms with Crippen molar-refractivity contribution >= 4 is 5.91 Å². The second-order valence-electron chi connectivity index (χ2n) is 4.55. The monoisotopic (exact) mass is 211 g/mol. The first-order valence-electron chi connectivity index (χ1n) is 6.03. The van der Waals surface area contributed by atoms with Crippen molar-refractivity contribution in [3.05, 3.63) is 0 Å². The highest BCUT2D eigenvalue weighted by atomic mass is 16.2. The molecule has 1 atom stereocenters. The van der Waals surface area contributed by atoms with Gasteiger partial charge in [0.1, 0.15) is 6.04 Å². The average Bonchev–Trinajstić information content (AvgIpc) is 3.03. The van der Waals surface area contributed by atoms with Crippen LogP contribution in [0.3, 0.4) is 0 Å². The maximum atomic E-state index is 11.8. The van der Waals surface area contributed by atoms with Gasteiger partial charge in [0.05, 0.1) is 0 Å². The maximum absolute atomic E-state index is 11.8. The summed E-state index contributed by atoms with van der Waals surface area (Å²) < 4.78 is 0. The molecule has 86 valence electrons. The Labute approximate surface area is 91.4 Å². The molecule has 1 amide bonds. The molecular weight excluding hydrogens is 190 g/mol. The second kappa shape index (κ2) is 4.94. The van der Waals surface area contributed by atoms with E-state index in [1.54, 1.807) is 0 Å². The van der Waals surface area contributed by atoms with Crippen LogP contribution in [-0.2, 0) is 4.79 Å². The highest BCUT2D eigenvalue weighted by Crippen LogP contribution is 2.30. The summed E-state index contributed by atoms with van der Waals surface area (Å²) in [5.74, 6) is 1.05. The molecule has 4 heteroatoms. The molecule has 1 saturated carbocycles.